The van der Waals surface area contributed by atoms with E-state index in [0.717, 1.165) is 9.80 Å². The minimum absolute atomic E-state index is 0.00662. The van der Waals surface area contributed by atoms with E-state index in [9.17, 15) is 89.4 Å². The first-order valence-corrected chi connectivity index (χ1v) is 33.6. The molecule has 0 aromatic heterocycles. The molecule has 2 unspecified atom stereocenters. The van der Waals surface area contributed by atoms with Crippen LogP contribution in [-0.4, -0.2) is 269 Å². The van der Waals surface area contributed by atoms with Crippen LogP contribution in [0, 0.1) is 5.41 Å². The van der Waals surface area contributed by atoms with Crippen molar-refractivity contribution in [1.82, 2.24) is 20.4 Å². The predicted molar refractivity (Wildman–Crippen MR) is 359 cm³/mol. The third kappa shape index (κ3) is 16.9. The molecule has 4 saturated heterocycles. The number of methoxy groups -OCH3 is 3. The van der Waals surface area contributed by atoms with Gasteiger partial charge in [-0.1, -0.05) is 38.1 Å². The molecule has 10 rings (SSSR count). The Bertz CT molecular complexity index is 3960. The molecule has 4 aromatic rings. The van der Waals surface area contributed by atoms with Crippen LogP contribution in [0.4, 0.5) is 21.0 Å². The highest BCUT2D eigenvalue weighted by Crippen LogP contribution is 2.46. The Labute approximate surface area is 604 Å². The monoisotopic (exact) mass is 1490 g/mol. The molecule has 14 atom stereocenters. The molecule has 4 aromatic carbocycles. The molecule has 106 heavy (non-hydrogen) atoms. The van der Waals surface area contributed by atoms with E-state index in [1.807, 2.05) is 13.8 Å². The van der Waals surface area contributed by atoms with Crippen molar-refractivity contribution in [3.05, 3.63) is 106 Å². The van der Waals surface area contributed by atoms with Gasteiger partial charge in [0, 0.05) is 45.4 Å². The molecular weight excluding hydrogens is 1410 g/mol. The first kappa shape index (κ1) is 78.8. The summed E-state index contributed by atoms with van der Waals surface area (Å²) in [6.07, 6.45) is -24.1. The lowest BCUT2D eigenvalue weighted by molar-refractivity contribution is -0.271. The molecule has 37 heteroatoms. The van der Waals surface area contributed by atoms with Crippen LogP contribution in [0.15, 0.2) is 72.8 Å². The number of aliphatic carboxylic acids is 2. The third-order valence-corrected chi connectivity index (χ3v) is 18.5. The van der Waals surface area contributed by atoms with Crippen LogP contribution in [0.1, 0.15) is 98.5 Å². The summed E-state index contributed by atoms with van der Waals surface area (Å²) in [5.41, 5.74) is -0.422. The molecule has 4 fully saturated rings. The van der Waals surface area contributed by atoms with Crippen molar-refractivity contribution in [1.29, 1.82) is 0 Å². The number of fused-ring (bicyclic) bond motifs is 4. The van der Waals surface area contributed by atoms with Crippen molar-refractivity contribution in [2.45, 2.75) is 145 Å². The SMILES string of the molecule is C=C1C[C@H]2C(O)N(C(=O)OCc3ccc(O[C@@H]4O[C@H](C(=O)O)[C@@H](O)[C@H](O)[C@H]4O)c(C(=O)NCCON)c3)c3cc(OCCCCCOc4cc5c(cc4OC)C(=O)N4CC(C)(C)C[C@H]4C(O)N5C(=O)OCc4ccc(O[C@@H]5O[C@H](C(=O)O)[C@@H](O)[C@H](O)[C@H]5O)c(C(=O)NCCOC)c4)c(OC)cc3C(=O)N2C1. The highest BCUT2D eigenvalue weighted by molar-refractivity contribution is 6.07. The van der Waals surface area contributed by atoms with Gasteiger partial charge in [0.1, 0.15) is 61.3 Å². The average molecular weight is 1490 g/mol. The number of nitrogens with zero attached hydrogens (tertiary/aromatic N) is 4. The quantitative estimate of drug-likeness (QED) is 0.0199. The maximum Gasteiger partial charge on any atom is 0.416 e. The van der Waals surface area contributed by atoms with E-state index in [1.165, 1.54) is 91.8 Å². The summed E-state index contributed by atoms with van der Waals surface area (Å²) in [5.74, 6) is -1.17. The van der Waals surface area contributed by atoms with Crippen molar-refractivity contribution >= 4 is 59.1 Å². The number of amides is 6. The second-order valence-electron chi connectivity index (χ2n) is 26.5. The number of ether oxygens (including phenoxy) is 11. The van der Waals surface area contributed by atoms with Crippen molar-refractivity contribution < 1.29 is 146 Å². The number of carboxylic acids is 2. The number of nitrogens with two attached hydrogens (primary N) is 1. The second kappa shape index (κ2) is 33.8. The smallest absolute Gasteiger partial charge is 0.416 e. The second-order valence-corrected chi connectivity index (χ2v) is 26.5. The van der Waals surface area contributed by atoms with Crippen molar-refractivity contribution in [2.75, 3.05) is 83.7 Å². The summed E-state index contributed by atoms with van der Waals surface area (Å²) in [4.78, 5) is 118. The first-order valence-electron chi connectivity index (χ1n) is 33.6. The Morgan fingerprint density at radius 2 is 1.02 bits per heavy atom. The molecule has 0 bridgehead atoms. The molecule has 576 valence electrons. The zero-order valence-corrected chi connectivity index (χ0v) is 58.2. The van der Waals surface area contributed by atoms with Crippen molar-refractivity contribution in [2.24, 2.45) is 11.3 Å². The van der Waals surface area contributed by atoms with Crippen molar-refractivity contribution in [3.63, 3.8) is 0 Å². The van der Waals surface area contributed by atoms with Gasteiger partial charge in [0.15, 0.2) is 47.7 Å². The van der Waals surface area contributed by atoms with Gasteiger partial charge in [0.25, 0.3) is 23.6 Å². The Balaban J connectivity index is 0.828. The largest absolute Gasteiger partial charge is 0.493 e. The van der Waals surface area contributed by atoms with E-state index in [1.54, 1.807) is 0 Å². The van der Waals surface area contributed by atoms with E-state index in [0.29, 0.717) is 24.8 Å². The molecule has 6 amide bonds. The van der Waals surface area contributed by atoms with Crippen LogP contribution in [-0.2, 0) is 51.3 Å². The maximum absolute atomic E-state index is 14.6. The number of carbonyl (C=O) groups is 8. The highest BCUT2D eigenvalue weighted by atomic mass is 16.7. The number of aliphatic hydroxyl groups is 8. The number of anilines is 2. The minimum Gasteiger partial charge on any atom is -0.493 e. The van der Waals surface area contributed by atoms with Crippen molar-refractivity contribution in [3.8, 4) is 34.5 Å². The first-order chi connectivity index (χ1) is 50.5. The summed E-state index contributed by atoms with van der Waals surface area (Å²) in [7, 11) is 4.10. The number of nitrogens with one attached hydrogen (secondary N) is 2. The fourth-order valence-corrected chi connectivity index (χ4v) is 13.2. The molecule has 37 nitrogen and oxygen atoms in total. The number of benzene rings is 4. The highest BCUT2D eigenvalue weighted by Gasteiger charge is 2.53. The summed E-state index contributed by atoms with van der Waals surface area (Å²) in [5, 5.41) is 111. The van der Waals surface area contributed by atoms with Gasteiger partial charge in [0.05, 0.1) is 86.4 Å². The zero-order valence-electron chi connectivity index (χ0n) is 58.2. The summed E-state index contributed by atoms with van der Waals surface area (Å²) in [6, 6.07) is 11.2. The number of hydrogen-bond donors (Lipinski definition) is 13. The van der Waals surface area contributed by atoms with Gasteiger partial charge >= 0.3 is 24.1 Å². The van der Waals surface area contributed by atoms with Gasteiger partial charge in [-0.05, 0) is 85.0 Å². The number of unbranched alkanes of at least 4 members (excludes halogenated alkanes) is 2. The topological polar surface area (TPSA) is 513 Å². The Morgan fingerprint density at radius 1 is 0.566 bits per heavy atom. The van der Waals surface area contributed by atoms with Crippen LogP contribution in [0.25, 0.3) is 0 Å². The number of aliphatic hydroxyl groups excluding tert-OH is 8. The average Bonchev–Trinajstić information content (AvgIpc) is 1.59. The predicted octanol–water partition coefficient (Wildman–Crippen LogP) is -0.168. The minimum atomic E-state index is -2.04. The Morgan fingerprint density at radius 3 is 1.46 bits per heavy atom. The fourth-order valence-electron chi connectivity index (χ4n) is 13.2. The zero-order chi connectivity index (χ0) is 76.7. The van der Waals surface area contributed by atoms with Gasteiger partial charge in [-0.25, -0.2) is 34.9 Å². The van der Waals surface area contributed by atoms with Gasteiger partial charge in [-0.3, -0.25) is 19.2 Å². The maximum atomic E-state index is 14.6. The number of hydrogen-bond acceptors (Lipinski definition) is 29. The molecule has 6 aliphatic heterocycles. The molecule has 6 aliphatic rings. The fraction of sp³-hybridized carbons (Fsp3) is 0.507. The molecular formula is C69H85N7O30. The Hall–Kier alpha value is -9.74. The molecule has 0 spiro atoms. The van der Waals surface area contributed by atoms with E-state index in [4.69, 9.17) is 58.0 Å². The lowest BCUT2D eigenvalue weighted by Crippen LogP contribution is -2.61. The van der Waals surface area contributed by atoms with Crippen LogP contribution in [0.3, 0.4) is 0 Å². The molecule has 0 radical (unpaired) electrons. The van der Waals surface area contributed by atoms with E-state index >= 15 is 0 Å². The van der Waals surface area contributed by atoms with Gasteiger partial charge in [-0.2, -0.15) is 0 Å². The lowest BCUT2D eigenvalue weighted by Gasteiger charge is -2.38. The standard InChI is InChI=1S/C69H85N7O30/c1-32-20-41-61(87)75(67(93)100-29-34-11-13-44(38(22-34)58(84)72-15-19-102-70)104-66-54(82)50(78)52(80)56(106-66)64(91)92)39-25-47(45(96-5)23-35(39)59(85)73(41)28-32)98-16-8-7-9-17-99-48-26-40-36(24-46(48)97-6)60(86)74-31-69(2,3)27-42(74)62(88)76(40)68(94)101-30-33-10-12-43(37(21-33)57(83)71-14-18-95-4)103-65-53(81)49(77)51(79)55(105-65)63(89)90/h10-13,21-26,41-42,49-56,61-62,65-66,77-82,87-88H,1,7-9,14-20,27-31,70H2,2-6H3,(H,71,83)(H,72,84)(H,89,90)(H,91,92)/t41-,42-,49-,50-,51-,52-,53+,54+,55-,56-,61?,62?,65+,66+/m0/s1. The van der Waals surface area contributed by atoms with Crippen LogP contribution in [0.2, 0.25) is 0 Å². The third-order valence-electron chi connectivity index (χ3n) is 18.5. The molecule has 0 saturated carbocycles. The summed E-state index contributed by atoms with van der Waals surface area (Å²) in [6.45, 7) is 6.83. The number of rotatable bonds is 28. The number of carbonyl (C=O) groups excluding carboxylic acids is 6. The lowest BCUT2D eigenvalue weighted by atomic mass is 9.90. The number of carboxylic acid groups (broad SMARTS) is 2. The van der Waals surface area contributed by atoms with E-state index in [-0.39, 0.29) is 145 Å². The Kier molecular flexibility index (Phi) is 25.1. The molecule has 14 N–H and O–H groups in total. The molecule has 0 aliphatic carbocycles. The van der Waals surface area contributed by atoms with Gasteiger partial charge < -0.3 is 128 Å². The summed E-state index contributed by atoms with van der Waals surface area (Å²) < 4.78 is 62.7. The van der Waals surface area contributed by atoms with E-state index in [2.05, 4.69) is 22.1 Å². The van der Waals surface area contributed by atoms with E-state index < -0.39 is 152 Å². The van der Waals surface area contributed by atoms with Gasteiger partial charge in [0.2, 0.25) is 12.6 Å². The van der Waals surface area contributed by atoms with Crippen LogP contribution < -0.4 is 54.8 Å². The summed E-state index contributed by atoms with van der Waals surface area (Å²) >= 11 is 0. The molecule has 6 heterocycles. The van der Waals surface area contributed by atoms with Crippen LogP contribution >= 0.6 is 0 Å². The normalized spacial score (nSPS) is 25.9. The van der Waals surface area contributed by atoms with Gasteiger partial charge in [-0.15, -0.1) is 0 Å². The van der Waals surface area contributed by atoms with Crippen LogP contribution in [0.5, 0.6) is 34.5 Å².